The van der Waals surface area contributed by atoms with Crippen molar-refractivity contribution in [1.82, 2.24) is 10.7 Å². The maximum atomic E-state index is 13.1. The first-order valence-corrected chi connectivity index (χ1v) is 9.24. The van der Waals surface area contributed by atoms with Crippen molar-refractivity contribution in [2.24, 2.45) is 5.10 Å². The van der Waals surface area contributed by atoms with Crippen LogP contribution in [-0.4, -0.2) is 30.5 Å². The van der Waals surface area contributed by atoms with E-state index >= 15 is 0 Å². The van der Waals surface area contributed by atoms with Crippen molar-refractivity contribution in [3.63, 3.8) is 0 Å². The van der Waals surface area contributed by atoms with E-state index in [0.717, 1.165) is 6.07 Å². The third-order valence-electron chi connectivity index (χ3n) is 4.00. The van der Waals surface area contributed by atoms with Crippen molar-refractivity contribution in [2.75, 3.05) is 6.54 Å². The van der Waals surface area contributed by atoms with Crippen LogP contribution in [0.25, 0.3) is 0 Å². The van der Waals surface area contributed by atoms with Crippen LogP contribution in [0.15, 0.2) is 84.0 Å². The van der Waals surface area contributed by atoms with E-state index < -0.39 is 23.6 Å². The SMILES string of the molecule is O=C(CNC(=O)c1cccc(F)c1)NN=Cc1ccc(OC(=O)c2ccccc2)cc1. The molecule has 3 aromatic rings. The summed E-state index contributed by atoms with van der Waals surface area (Å²) in [5, 5.41) is 6.17. The van der Waals surface area contributed by atoms with Gasteiger partial charge >= 0.3 is 5.97 Å². The fourth-order valence-electron chi connectivity index (χ4n) is 2.47. The fraction of sp³-hybridized carbons (Fsp3) is 0.0435. The highest BCUT2D eigenvalue weighted by Crippen LogP contribution is 2.13. The predicted molar refractivity (Wildman–Crippen MR) is 112 cm³/mol. The minimum absolute atomic E-state index is 0.115. The van der Waals surface area contributed by atoms with Crippen molar-refractivity contribution in [3.05, 3.63) is 101 Å². The van der Waals surface area contributed by atoms with E-state index in [1.54, 1.807) is 48.5 Å². The lowest BCUT2D eigenvalue weighted by Gasteiger charge is -2.05. The topological polar surface area (TPSA) is 96.9 Å². The predicted octanol–water partition coefficient (Wildman–Crippen LogP) is 2.93. The third kappa shape index (κ3) is 6.60. The van der Waals surface area contributed by atoms with E-state index in [1.165, 1.54) is 24.4 Å². The second kappa shape index (κ2) is 10.4. The Morgan fingerprint density at radius 3 is 2.32 bits per heavy atom. The number of hydrogen-bond donors (Lipinski definition) is 2. The molecule has 8 heteroatoms. The van der Waals surface area contributed by atoms with E-state index in [2.05, 4.69) is 15.8 Å². The summed E-state index contributed by atoms with van der Waals surface area (Å²) in [4.78, 5) is 35.7. The quantitative estimate of drug-likeness (QED) is 0.266. The van der Waals surface area contributed by atoms with Gasteiger partial charge in [0.15, 0.2) is 0 Å². The monoisotopic (exact) mass is 419 g/mol. The lowest BCUT2D eigenvalue weighted by Crippen LogP contribution is -2.34. The largest absolute Gasteiger partial charge is 0.423 e. The van der Waals surface area contributed by atoms with Crippen LogP contribution in [0.2, 0.25) is 0 Å². The zero-order valence-corrected chi connectivity index (χ0v) is 16.2. The molecule has 0 aliphatic carbocycles. The number of ether oxygens (including phenoxy) is 1. The molecule has 0 aliphatic rings. The summed E-state index contributed by atoms with van der Waals surface area (Å²) in [5.74, 6) is -1.75. The number of rotatable bonds is 7. The number of hydrazone groups is 1. The van der Waals surface area contributed by atoms with Crippen molar-refractivity contribution in [2.45, 2.75) is 0 Å². The van der Waals surface area contributed by atoms with Gasteiger partial charge in [-0.3, -0.25) is 9.59 Å². The Morgan fingerprint density at radius 1 is 0.903 bits per heavy atom. The molecule has 2 N–H and O–H groups in total. The Kier molecular flexibility index (Phi) is 7.21. The molecule has 156 valence electrons. The first-order valence-electron chi connectivity index (χ1n) is 9.24. The molecule has 0 unspecified atom stereocenters. The van der Waals surface area contributed by atoms with Crippen LogP contribution >= 0.6 is 0 Å². The molecule has 0 saturated heterocycles. The van der Waals surface area contributed by atoms with Gasteiger partial charge in [-0.2, -0.15) is 5.10 Å². The maximum absolute atomic E-state index is 13.1. The molecule has 0 fully saturated rings. The highest BCUT2D eigenvalue weighted by atomic mass is 19.1. The summed E-state index contributed by atoms with van der Waals surface area (Å²) >= 11 is 0. The molecule has 0 aliphatic heterocycles. The zero-order valence-electron chi connectivity index (χ0n) is 16.2. The van der Waals surface area contributed by atoms with Crippen LogP contribution in [-0.2, 0) is 4.79 Å². The highest BCUT2D eigenvalue weighted by Gasteiger charge is 2.09. The number of esters is 1. The molecule has 3 rings (SSSR count). The Hall–Kier alpha value is -4.33. The van der Waals surface area contributed by atoms with Gasteiger partial charge in [0.25, 0.3) is 11.8 Å². The van der Waals surface area contributed by atoms with Gasteiger partial charge in [-0.25, -0.2) is 14.6 Å². The summed E-state index contributed by atoms with van der Waals surface area (Å²) in [6.45, 7) is -0.318. The van der Waals surface area contributed by atoms with Crippen LogP contribution in [0, 0.1) is 5.82 Å². The second-order valence-electron chi connectivity index (χ2n) is 6.31. The number of nitrogens with one attached hydrogen (secondary N) is 2. The first-order chi connectivity index (χ1) is 15.0. The maximum Gasteiger partial charge on any atom is 0.343 e. The Bertz CT molecular complexity index is 1100. The van der Waals surface area contributed by atoms with E-state index in [1.807, 2.05) is 6.07 Å². The molecular weight excluding hydrogens is 401 g/mol. The number of halogens is 1. The van der Waals surface area contributed by atoms with E-state index in [0.29, 0.717) is 16.9 Å². The molecule has 7 nitrogen and oxygen atoms in total. The number of carbonyl (C=O) groups excluding carboxylic acids is 3. The van der Waals surface area contributed by atoms with E-state index in [4.69, 9.17) is 4.74 Å². The molecule has 0 aromatic heterocycles. The summed E-state index contributed by atoms with van der Waals surface area (Å²) in [7, 11) is 0. The van der Waals surface area contributed by atoms with Crippen LogP contribution < -0.4 is 15.5 Å². The Balaban J connectivity index is 1.44. The molecular formula is C23H18FN3O4. The molecule has 0 radical (unpaired) electrons. The van der Waals surface area contributed by atoms with Crippen LogP contribution in [0.5, 0.6) is 5.75 Å². The van der Waals surface area contributed by atoms with E-state index in [-0.39, 0.29) is 12.1 Å². The van der Waals surface area contributed by atoms with Gasteiger partial charge in [0, 0.05) is 5.56 Å². The molecule has 31 heavy (non-hydrogen) atoms. The lowest BCUT2D eigenvalue weighted by atomic mass is 10.2. The average molecular weight is 419 g/mol. The normalized spacial score (nSPS) is 10.5. The number of benzene rings is 3. The Morgan fingerprint density at radius 2 is 1.61 bits per heavy atom. The summed E-state index contributed by atoms with van der Waals surface area (Å²) in [6, 6.07) is 20.3. The summed E-state index contributed by atoms with van der Waals surface area (Å²) < 4.78 is 18.4. The average Bonchev–Trinajstić information content (AvgIpc) is 2.79. The number of hydrogen-bond acceptors (Lipinski definition) is 5. The second-order valence-corrected chi connectivity index (χ2v) is 6.31. The van der Waals surface area contributed by atoms with Gasteiger partial charge in [0.2, 0.25) is 0 Å². The van der Waals surface area contributed by atoms with Crippen LogP contribution in [0.1, 0.15) is 26.3 Å². The zero-order chi connectivity index (χ0) is 22.1. The smallest absolute Gasteiger partial charge is 0.343 e. The lowest BCUT2D eigenvalue weighted by molar-refractivity contribution is -0.120. The number of nitrogens with zero attached hydrogens (tertiary/aromatic N) is 1. The van der Waals surface area contributed by atoms with Gasteiger partial charge in [-0.05, 0) is 60.2 Å². The molecule has 0 heterocycles. The van der Waals surface area contributed by atoms with Crippen molar-refractivity contribution >= 4 is 24.0 Å². The molecule has 0 atom stereocenters. The molecule has 0 spiro atoms. The van der Waals surface area contributed by atoms with Crippen molar-refractivity contribution < 1.29 is 23.5 Å². The van der Waals surface area contributed by atoms with Crippen molar-refractivity contribution in [3.8, 4) is 5.75 Å². The fourth-order valence-corrected chi connectivity index (χ4v) is 2.47. The highest BCUT2D eigenvalue weighted by molar-refractivity contribution is 5.96. The van der Waals surface area contributed by atoms with E-state index in [9.17, 15) is 18.8 Å². The first kappa shape index (κ1) is 21.4. The van der Waals surface area contributed by atoms with Gasteiger partial charge in [0.1, 0.15) is 11.6 Å². The summed E-state index contributed by atoms with van der Waals surface area (Å²) in [6.07, 6.45) is 1.40. The van der Waals surface area contributed by atoms with Gasteiger partial charge in [-0.1, -0.05) is 24.3 Å². The minimum Gasteiger partial charge on any atom is -0.423 e. The summed E-state index contributed by atoms with van der Waals surface area (Å²) in [5.41, 5.74) is 3.49. The van der Waals surface area contributed by atoms with Crippen LogP contribution in [0.3, 0.4) is 0 Å². The molecule has 3 aromatic carbocycles. The third-order valence-corrected chi connectivity index (χ3v) is 4.00. The van der Waals surface area contributed by atoms with Gasteiger partial charge < -0.3 is 10.1 Å². The molecule has 0 bridgehead atoms. The molecule has 2 amide bonds. The van der Waals surface area contributed by atoms with Gasteiger partial charge in [0.05, 0.1) is 18.3 Å². The number of carbonyl (C=O) groups is 3. The molecule has 0 saturated carbocycles. The van der Waals surface area contributed by atoms with Crippen molar-refractivity contribution in [1.29, 1.82) is 0 Å². The Labute approximate surface area is 177 Å². The van der Waals surface area contributed by atoms with Gasteiger partial charge in [-0.15, -0.1) is 0 Å². The number of amides is 2. The minimum atomic E-state index is -0.570. The standard InChI is InChI=1S/C23H18FN3O4/c24-19-8-4-7-18(13-19)22(29)25-15-21(28)27-26-14-16-9-11-20(12-10-16)31-23(30)17-5-2-1-3-6-17/h1-14H,15H2,(H,25,29)(H,27,28). The van der Waals surface area contributed by atoms with Crippen LogP contribution in [0.4, 0.5) is 4.39 Å².